The van der Waals surface area contributed by atoms with Crippen molar-refractivity contribution in [3.8, 4) is 0 Å². The maximum atomic E-state index is 12.2. The highest BCUT2D eigenvalue weighted by Gasteiger charge is 2.28. The smallest absolute Gasteiger partial charge is 0.255 e. The molecule has 0 radical (unpaired) electrons. The van der Waals surface area contributed by atoms with Gasteiger partial charge in [0.05, 0.1) is 16.0 Å². The molecule has 0 aliphatic heterocycles. The van der Waals surface area contributed by atoms with Crippen molar-refractivity contribution < 1.29 is 16.8 Å². The summed E-state index contributed by atoms with van der Waals surface area (Å²) in [6, 6.07) is 12.3. The zero-order valence-electron chi connectivity index (χ0n) is 13.6. The number of nitrogens with one attached hydrogen (secondary N) is 2. The van der Waals surface area contributed by atoms with Gasteiger partial charge in [-0.2, -0.15) is 0 Å². The number of sulfonamides is 2. The Kier molecular flexibility index (Phi) is 5.38. The van der Waals surface area contributed by atoms with Gasteiger partial charge in [-0.05, 0) is 54.8 Å². The molecule has 1 fully saturated rings. The monoisotopic (exact) mass is 412 g/mol. The molecule has 0 aromatic heterocycles. The number of hydrogen-bond acceptors (Lipinski definition) is 4. The molecule has 0 amide bonds. The first-order valence-electron chi connectivity index (χ1n) is 7.82. The summed E-state index contributed by atoms with van der Waals surface area (Å²) in [6.07, 6.45) is 3.07. The van der Waals surface area contributed by atoms with E-state index in [4.69, 9.17) is 11.6 Å². The van der Waals surface area contributed by atoms with Crippen molar-refractivity contribution in [3.05, 3.63) is 64.5 Å². The zero-order chi connectivity index (χ0) is 18.8. The summed E-state index contributed by atoms with van der Waals surface area (Å²) < 4.78 is 53.8. The van der Waals surface area contributed by atoms with Crippen molar-refractivity contribution in [2.75, 3.05) is 4.72 Å². The Morgan fingerprint density at radius 3 is 2.35 bits per heavy atom. The lowest BCUT2D eigenvalue weighted by Gasteiger charge is -2.08. The van der Waals surface area contributed by atoms with Gasteiger partial charge in [0, 0.05) is 11.1 Å². The molecule has 9 heteroatoms. The maximum Gasteiger partial charge on any atom is 0.255 e. The van der Waals surface area contributed by atoms with E-state index >= 15 is 0 Å². The molecule has 0 bridgehead atoms. The molecule has 0 atom stereocenters. The number of halogens is 1. The van der Waals surface area contributed by atoms with Crippen molar-refractivity contribution in [1.29, 1.82) is 0 Å². The molecule has 2 aromatic carbocycles. The van der Waals surface area contributed by atoms with Gasteiger partial charge in [-0.25, -0.2) is 21.6 Å². The Hall–Kier alpha value is -1.87. The summed E-state index contributed by atoms with van der Waals surface area (Å²) >= 11 is 5.79. The van der Waals surface area contributed by atoms with Gasteiger partial charge in [0.2, 0.25) is 10.0 Å². The molecule has 6 nitrogen and oxygen atoms in total. The van der Waals surface area contributed by atoms with Crippen molar-refractivity contribution in [2.24, 2.45) is 0 Å². The van der Waals surface area contributed by atoms with E-state index in [9.17, 15) is 16.8 Å². The fourth-order valence-electron chi connectivity index (χ4n) is 2.16. The summed E-state index contributed by atoms with van der Waals surface area (Å²) in [5, 5.41) is 1.57. The number of benzene rings is 2. The molecular formula is C17H17ClN2O4S2. The van der Waals surface area contributed by atoms with Crippen LogP contribution >= 0.6 is 11.6 Å². The first-order valence-corrected chi connectivity index (χ1v) is 11.2. The van der Waals surface area contributed by atoms with E-state index in [2.05, 4.69) is 9.44 Å². The minimum absolute atomic E-state index is 0.0197. The summed E-state index contributed by atoms with van der Waals surface area (Å²) in [5.41, 5.74) is 0.842. The van der Waals surface area contributed by atoms with Crippen LogP contribution in [-0.2, 0) is 20.0 Å². The third-order valence-corrected chi connectivity index (χ3v) is 6.40. The molecule has 1 saturated carbocycles. The molecular weight excluding hydrogens is 396 g/mol. The molecule has 2 N–H and O–H groups in total. The predicted molar refractivity (Wildman–Crippen MR) is 103 cm³/mol. The molecule has 0 unspecified atom stereocenters. The van der Waals surface area contributed by atoms with E-state index in [1.54, 1.807) is 24.3 Å². The van der Waals surface area contributed by atoms with E-state index in [0.717, 1.165) is 18.2 Å². The van der Waals surface area contributed by atoms with Crippen LogP contribution in [0.5, 0.6) is 0 Å². The Bertz CT molecular complexity index is 1030. The second-order valence-electron chi connectivity index (χ2n) is 5.92. The maximum absolute atomic E-state index is 12.2. The van der Waals surface area contributed by atoms with Crippen molar-refractivity contribution >= 4 is 43.4 Å². The van der Waals surface area contributed by atoms with Crippen LogP contribution in [0, 0.1) is 0 Å². The first kappa shape index (κ1) is 18.9. The predicted octanol–water partition coefficient (Wildman–Crippen LogP) is 3.19. The summed E-state index contributed by atoms with van der Waals surface area (Å²) in [7, 11) is -7.44. The van der Waals surface area contributed by atoms with E-state index in [0.29, 0.717) is 10.6 Å². The highest BCUT2D eigenvalue weighted by atomic mass is 35.5. The molecule has 26 heavy (non-hydrogen) atoms. The van der Waals surface area contributed by atoms with Crippen molar-refractivity contribution in [1.82, 2.24) is 4.72 Å². The molecule has 1 aliphatic carbocycles. The van der Waals surface area contributed by atoms with E-state index < -0.39 is 20.0 Å². The summed E-state index contributed by atoms with van der Waals surface area (Å²) in [5.74, 6) is 0. The van der Waals surface area contributed by atoms with Crippen LogP contribution in [0.15, 0.2) is 58.8 Å². The lowest BCUT2D eigenvalue weighted by Crippen LogP contribution is -2.25. The van der Waals surface area contributed by atoms with Gasteiger partial charge in [-0.1, -0.05) is 29.8 Å². The minimum atomic E-state index is -3.79. The van der Waals surface area contributed by atoms with Gasteiger partial charge in [-0.3, -0.25) is 4.72 Å². The van der Waals surface area contributed by atoms with Crippen LogP contribution in [0.25, 0.3) is 6.08 Å². The van der Waals surface area contributed by atoms with E-state index in [-0.39, 0.29) is 16.6 Å². The fourth-order valence-corrected chi connectivity index (χ4v) is 4.49. The fraction of sp³-hybridized carbons (Fsp3) is 0.176. The highest BCUT2D eigenvalue weighted by molar-refractivity contribution is 7.95. The van der Waals surface area contributed by atoms with E-state index in [1.165, 1.54) is 30.3 Å². The first-order chi connectivity index (χ1) is 12.2. The van der Waals surface area contributed by atoms with Gasteiger partial charge in [0.1, 0.15) is 0 Å². The average molecular weight is 413 g/mol. The van der Waals surface area contributed by atoms with Gasteiger partial charge in [-0.15, -0.1) is 0 Å². The number of rotatable bonds is 7. The second kappa shape index (κ2) is 7.40. The van der Waals surface area contributed by atoms with Crippen LogP contribution in [0.1, 0.15) is 18.4 Å². The van der Waals surface area contributed by atoms with Gasteiger partial charge >= 0.3 is 0 Å². The third-order valence-electron chi connectivity index (χ3n) is 3.61. The standard InChI is InChI=1S/C17H17ClN2O4S2/c18-14-6-4-13(5-7-14)10-11-25(21,22)19-16-2-1-3-17(12-16)26(23,24)20-15-8-9-15/h1-7,10-12,15,19-20H,8-9H2/b11-10+. The summed E-state index contributed by atoms with van der Waals surface area (Å²) in [6.45, 7) is 0. The van der Waals surface area contributed by atoms with Crippen LogP contribution < -0.4 is 9.44 Å². The molecule has 0 heterocycles. The van der Waals surface area contributed by atoms with Gasteiger partial charge in [0.15, 0.2) is 0 Å². The Balaban J connectivity index is 1.75. The number of anilines is 1. The molecule has 0 spiro atoms. The van der Waals surface area contributed by atoms with E-state index in [1.807, 2.05) is 0 Å². The zero-order valence-corrected chi connectivity index (χ0v) is 16.0. The lowest BCUT2D eigenvalue weighted by molar-refractivity contribution is 0.581. The highest BCUT2D eigenvalue weighted by Crippen LogP contribution is 2.23. The second-order valence-corrected chi connectivity index (χ2v) is 9.64. The number of hydrogen-bond donors (Lipinski definition) is 2. The summed E-state index contributed by atoms with van der Waals surface area (Å²) in [4.78, 5) is 0.0197. The van der Waals surface area contributed by atoms with Crippen LogP contribution in [0.4, 0.5) is 5.69 Å². The normalized spacial score (nSPS) is 15.3. The molecule has 2 aromatic rings. The SMILES string of the molecule is O=S(=O)(/C=C/c1ccc(Cl)cc1)Nc1cccc(S(=O)(=O)NC2CC2)c1. The third kappa shape index (κ3) is 5.31. The quantitative estimate of drug-likeness (QED) is 0.730. The van der Waals surface area contributed by atoms with Gasteiger partial charge < -0.3 is 0 Å². The minimum Gasteiger partial charge on any atom is -0.280 e. The molecule has 1 aliphatic rings. The average Bonchev–Trinajstić information content (AvgIpc) is 3.37. The van der Waals surface area contributed by atoms with Crippen LogP contribution in [-0.4, -0.2) is 22.9 Å². The Labute approximate surface area is 158 Å². The molecule has 3 rings (SSSR count). The molecule has 138 valence electrons. The van der Waals surface area contributed by atoms with Crippen LogP contribution in [0.3, 0.4) is 0 Å². The largest absolute Gasteiger partial charge is 0.280 e. The molecule has 0 saturated heterocycles. The van der Waals surface area contributed by atoms with Crippen LogP contribution in [0.2, 0.25) is 5.02 Å². The topological polar surface area (TPSA) is 92.3 Å². The van der Waals surface area contributed by atoms with Gasteiger partial charge in [0.25, 0.3) is 10.0 Å². The Morgan fingerprint density at radius 2 is 1.69 bits per heavy atom. The van der Waals surface area contributed by atoms with Crippen molar-refractivity contribution in [3.63, 3.8) is 0 Å². The lowest BCUT2D eigenvalue weighted by atomic mass is 10.2. The Morgan fingerprint density at radius 1 is 1.00 bits per heavy atom. The van der Waals surface area contributed by atoms with Crippen molar-refractivity contribution in [2.45, 2.75) is 23.8 Å².